The third kappa shape index (κ3) is 6.55. The summed E-state index contributed by atoms with van der Waals surface area (Å²) in [5.74, 6) is -1.03. The van der Waals surface area contributed by atoms with Crippen LogP contribution in [0.2, 0.25) is 0 Å². The lowest BCUT2D eigenvalue weighted by Crippen LogP contribution is -2.33. The number of nitrogens with two attached hydrogens (primary N) is 1. The minimum Gasteiger partial charge on any atom is -0.446 e. The Balaban J connectivity index is 1.75. The van der Waals surface area contributed by atoms with Crippen LogP contribution in [0.1, 0.15) is 34.0 Å². The van der Waals surface area contributed by atoms with E-state index in [0.717, 1.165) is 11.1 Å². The van der Waals surface area contributed by atoms with Crippen molar-refractivity contribution in [1.82, 2.24) is 0 Å². The van der Waals surface area contributed by atoms with Crippen molar-refractivity contribution in [3.63, 3.8) is 0 Å². The molecule has 0 fully saturated rings. The van der Waals surface area contributed by atoms with Gasteiger partial charge >= 0.3 is 11.9 Å². The van der Waals surface area contributed by atoms with Gasteiger partial charge in [0.1, 0.15) is 6.04 Å². The third-order valence-corrected chi connectivity index (χ3v) is 4.97. The quantitative estimate of drug-likeness (QED) is 0.444. The van der Waals surface area contributed by atoms with Crippen LogP contribution >= 0.6 is 31.9 Å². The van der Waals surface area contributed by atoms with Crippen LogP contribution in [-0.2, 0) is 19.1 Å². The first kappa shape index (κ1) is 20.6. The summed E-state index contributed by atoms with van der Waals surface area (Å²) in [7, 11) is 0. The number of carbonyl (C=O) groups is 2. The number of esters is 2. The molecule has 2 unspecified atom stereocenters. The molecule has 0 spiro atoms. The van der Waals surface area contributed by atoms with Crippen molar-refractivity contribution in [1.29, 1.82) is 0 Å². The summed E-state index contributed by atoms with van der Waals surface area (Å²) in [4.78, 5) is 24.0. The molecule has 0 amide bonds. The van der Waals surface area contributed by atoms with E-state index in [2.05, 4.69) is 31.9 Å². The number of hydrogen-bond donors (Lipinski definition) is 1. The number of ether oxygens (including phenoxy) is 2. The molecule has 0 bridgehead atoms. The maximum atomic E-state index is 12.0. The topological polar surface area (TPSA) is 78.6 Å². The molecular weight excluding hydrogens is 466 g/mol. The molecule has 2 rings (SSSR count). The number of benzene rings is 2. The highest BCUT2D eigenvalue weighted by atomic mass is 79.9. The highest BCUT2D eigenvalue weighted by Gasteiger charge is 2.22. The van der Waals surface area contributed by atoms with E-state index >= 15 is 0 Å². The second-order valence-corrected chi connectivity index (χ2v) is 7.19. The van der Waals surface area contributed by atoms with Gasteiger partial charge in [0.15, 0.2) is 10.0 Å². The summed E-state index contributed by atoms with van der Waals surface area (Å²) in [5, 5.41) is -1.12. The Morgan fingerprint density at radius 1 is 0.846 bits per heavy atom. The van der Waals surface area contributed by atoms with Crippen molar-refractivity contribution in [2.24, 2.45) is 5.73 Å². The van der Waals surface area contributed by atoms with Crippen molar-refractivity contribution < 1.29 is 19.1 Å². The summed E-state index contributed by atoms with van der Waals surface area (Å²) < 4.78 is 10.6. The van der Waals surface area contributed by atoms with Crippen LogP contribution in [0.15, 0.2) is 60.7 Å². The summed E-state index contributed by atoms with van der Waals surface area (Å²) in [6.07, 6.45) is 0.157. The molecule has 0 radical (unpaired) electrons. The van der Waals surface area contributed by atoms with E-state index in [1.807, 2.05) is 60.7 Å². The summed E-state index contributed by atoms with van der Waals surface area (Å²) in [5.41, 5.74) is 7.45. The molecule has 2 aromatic rings. The van der Waals surface area contributed by atoms with Crippen molar-refractivity contribution in [2.45, 2.75) is 28.9 Å². The van der Waals surface area contributed by atoms with Crippen molar-refractivity contribution in [3.8, 4) is 0 Å². The van der Waals surface area contributed by atoms with Gasteiger partial charge in [-0.1, -0.05) is 60.7 Å². The molecule has 0 aliphatic carbocycles. The van der Waals surface area contributed by atoms with E-state index in [1.54, 1.807) is 0 Å². The van der Waals surface area contributed by atoms with Crippen LogP contribution in [0, 0.1) is 0 Å². The SMILES string of the molecule is N[C@@H](CCC(=O)OC(Br)c1ccccc1)C(=O)OC(Br)c1ccccc1. The van der Waals surface area contributed by atoms with Gasteiger partial charge in [-0.3, -0.25) is 9.59 Å². The van der Waals surface area contributed by atoms with E-state index in [-0.39, 0.29) is 12.8 Å². The number of carbonyl (C=O) groups excluding carboxylic acids is 2. The van der Waals surface area contributed by atoms with E-state index in [4.69, 9.17) is 15.2 Å². The lowest BCUT2D eigenvalue weighted by molar-refractivity contribution is -0.148. The van der Waals surface area contributed by atoms with E-state index < -0.39 is 28.0 Å². The first-order valence-electron chi connectivity index (χ1n) is 8.01. The first-order valence-corrected chi connectivity index (χ1v) is 9.84. The summed E-state index contributed by atoms with van der Waals surface area (Å²) in [6, 6.07) is 17.6. The predicted octanol–water partition coefficient (Wildman–Crippen LogP) is 4.37. The van der Waals surface area contributed by atoms with Crippen molar-refractivity contribution in [2.75, 3.05) is 0 Å². The van der Waals surface area contributed by atoms with Gasteiger partial charge in [-0.25, -0.2) is 0 Å². The highest BCUT2D eigenvalue weighted by molar-refractivity contribution is 9.09. The molecule has 0 saturated carbocycles. The maximum Gasteiger partial charge on any atom is 0.324 e. The van der Waals surface area contributed by atoms with Gasteiger partial charge in [0, 0.05) is 17.5 Å². The van der Waals surface area contributed by atoms with Gasteiger partial charge in [-0.2, -0.15) is 0 Å². The number of rotatable bonds is 8. The molecule has 0 aliphatic rings. The van der Waals surface area contributed by atoms with Gasteiger partial charge in [0.2, 0.25) is 0 Å². The molecule has 2 N–H and O–H groups in total. The van der Waals surface area contributed by atoms with Crippen LogP contribution in [0.3, 0.4) is 0 Å². The standard InChI is InChI=1S/C19H19Br2NO4/c20-17(13-7-3-1-4-8-13)25-16(23)12-11-15(22)19(24)26-18(21)14-9-5-2-6-10-14/h1-10,15,17-18H,11-12,22H2/t15-,17?,18?/m0/s1. The fraction of sp³-hybridized carbons (Fsp3) is 0.263. The molecule has 7 heteroatoms. The zero-order valence-corrected chi connectivity index (χ0v) is 17.1. The van der Waals surface area contributed by atoms with Crippen LogP contribution < -0.4 is 5.73 Å². The van der Waals surface area contributed by atoms with Crippen LogP contribution in [0.25, 0.3) is 0 Å². The molecule has 0 aliphatic heterocycles. The van der Waals surface area contributed by atoms with E-state index in [0.29, 0.717) is 0 Å². The number of hydrogen-bond acceptors (Lipinski definition) is 5. The monoisotopic (exact) mass is 483 g/mol. The fourth-order valence-electron chi connectivity index (χ4n) is 2.10. The highest BCUT2D eigenvalue weighted by Crippen LogP contribution is 2.25. The fourth-order valence-corrected chi connectivity index (χ4v) is 3.10. The number of alkyl halides is 2. The Morgan fingerprint density at radius 2 is 1.31 bits per heavy atom. The lowest BCUT2D eigenvalue weighted by Gasteiger charge is -2.16. The molecule has 2 aromatic carbocycles. The molecule has 0 aromatic heterocycles. The molecule has 5 nitrogen and oxygen atoms in total. The molecule has 0 saturated heterocycles. The van der Waals surface area contributed by atoms with Crippen LogP contribution in [-0.4, -0.2) is 18.0 Å². The molecule has 138 valence electrons. The van der Waals surface area contributed by atoms with Crippen molar-refractivity contribution >= 4 is 43.8 Å². The molecule has 0 heterocycles. The Morgan fingerprint density at radius 3 is 1.81 bits per heavy atom. The zero-order chi connectivity index (χ0) is 18.9. The Kier molecular flexibility index (Phi) is 8.28. The van der Waals surface area contributed by atoms with Gasteiger partial charge < -0.3 is 15.2 Å². The second-order valence-electron chi connectivity index (χ2n) is 5.53. The predicted molar refractivity (Wildman–Crippen MR) is 106 cm³/mol. The first-order chi connectivity index (χ1) is 12.5. The van der Waals surface area contributed by atoms with Gasteiger partial charge in [0.25, 0.3) is 0 Å². The minimum atomic E-state index is -0.906. The largest absolute Gasteiger partial charge is 0.446 e. The normalized spacial score (nSPS) is 14.1. The van der Waals surface area contributed by atoms with E-state index in [9.17, 15) is 9.59 Å². The zero-order valence-electron chi connectivity index (χ0n) is 13.9. The van der Waals surface area contributed by atoms with Gasteiger partial charge in [0.05, 0.1) is 0 Å². The lowest BCUT2D eigenvalue weighted by atomic mass is 10.1. The smallest absolute Gasteiger partial charge is 0.324 e. The minimum absolute atomic E-state index is 0.0174. The Hall–Kier alpha value is -1.70. The second kappa shape index (κ2) is 10.4. The maximum absolute atomic E-state index is 12.0. The van der Waals surface area contributed by atoms with E-state index in [1.165, 1.54) is 0 Å². The van der Waals surface area contributed by atoms with Gasteiger partial charge in [-0.15, -0.1) is 0 Å². The average molecular weight is 485 g/mol. The number of halogens is 2. The van der Waals surface area contributed by atoms with Crippen molar-refractivity contribution in [3.05, 3.63) is 71.8 Å². The molecule has 26 heavy (non-hydrogen) atoms. The Labute approximate surface area is 169 Å². The van der Waals surface area contributed by atoms with Crippen LogP contribution in [0.4, 0.5) is 0 Å². The average Bonchev–Trinajstić information content (AvgIpc) is 2.67. The molecule has 3 atom stereocenters. The third-order valence-electron chi connectivity index (χ3n) is 3.54. The summed E-state index contributed by atoms with van der Waals surface area (Å²) >= 11 is 6.61. The molecular formula is C19H19Br2NO4. The van der Waals surface area contributed by atoms with Crippen LogP contribution in [0.5, 0.6) is 0 Å². The Bertz CT molecular complexity index is 712. The van der Waals surface area contributed by atoms with Gasteiger partial charge in [-0.05, 0) is 38.3 Å². The summed E-state index contributed by atoms with van der Waals surface area (Å²) in [6.45, 7) is 0.